The topological polar surface area (TPSA) is 102 Å². The van der Waals surface area contributed by atoms with Crippen molar-refractivity contribution in [1.82, 2.24) is 24.8 Å². The highest BCUT2D eigenvalue weighted by Gasteiger charge is 2.29. The Morgan fingerprint density at radius 2 is 1.92 bits per heavy atom. The predicted molar refractivity (Wildman–Crippen MR) is 146 cm³/mol. The summed E-state index contributed by atoms with van der Waals surface area (Å²) in [5.41, 5.74) is 2.31. The molecule has 1 amide bonds. The maximum atomic E-state index is 12.6. The first-order valence-corrected chi connectivity index (χ1v) is 12.9. The quantitative estimate of drug-likeness (QED) is 0.302. The van der Waals surface area contributed by atoms with Gasteiger partial charge in [-0.15, -0.1) is 0 Å². The third-order valence-electron chi connectivity index (χ3n) is 6.02. The summed E-state index contributed by atoms with van der Waals surface area (Å²) in [5.74, 6) is 1.57. The van der Waals surface area contributed by atoms with E-state index in [9.17, 15) is 4.79 Å². The fourth-order valence-corrected chi connectivity index (χ4v) is 4.50. The summed E-state index contributed by atoms with van der Waals surface area (Å²) in [5, 5.41) is 3.62. The smallest absolute Gasteiger partial charge is 0.410 e. The zero-order valence-corrected chi connectivity index (χ0v) is 22.3. The SMILES string of the molecule is CC(C)(C)OC(=O)N1CCC[C@@H](c2ccc3ncnc(Nc4cnc(Oc5ccccc5)c(Cl)c4)c3n2)C1. The number of ether oxygens (including phenoxy) is 2. The van der Waals surface area contributed by atoms with Crippen molar-refractivity contribution in [3.63, 3.8) is 0 Å². The van der Waals surface area contributed by atoms with Gasteiger partial charge in [0.15, 0.2) is 5.82 Å². The molecular formula is C28H29ClN6O3. The third-order valence-corrected chi connectivity index (χ3v) is 6.29. The highest BCUT2D eigenvalue weighted by molar-refractivity contribution is 6.32. The maximum Gasteiger partial charge on any atom is 0.410 e. The molecule has 1 aliphatic rings. The molecular weight excluding hydrogens is 504 g/mol. The molecule has 0 unspecified atom stereocenters. The summed E-state index contributed by atoms with van der Waals surface area (Å²) in [7, 11) is 0. The number of carbonyl (C=O) groups excluding carboxylic acids is 1. The van der Waals surface area contributed by atoms with Gasteiger partial charge < -0.3 is 19.7 Å². The molecule has 3 aromatic heterocycles. The van der Waals surface area contributed by atoms with Crippen molar-refractivity contribution < 1.29 is 14.3 Å². The lowest BCUT2D eigenvalue weighted by molar-refractivity contribution is 0.0197. The fraction of sp³-hybridized carbons (Fsp3) is 0.321. The number of rotatable bonds is 5. The third kappa shape index (κ3) is 6.11. The molecule has 196 valence electrons. The Morgan fingerprint density at radius 3 is 2.68 bits per heavy atom. The van der Waals surface area contributed by atoms with Gasteiger partial charge in [0.1, 0.15) is 28.2 Å². The van der Waals surface area contributed by atoms with Gasteiger partial charge in [-0.2, -0.15) is 0 Å². The molecule has 38 heavy (non-hydrogen) atoms. The number of hydrogen-bond donors (Lipinski definition) is 1. The van der Waals surface area contributed by atoms with E-state index in [0.29, 0.717) is 52.3 Å². The molecule has 1 saturated heterocycles. The second kappa shape index (κ2) is 10.8. The second-order valence-corrected chi connectivity index (χ2v) is 10.5. The van der Waals surface area contributed by atoms with Crippen LogP contribution in [0.3, 0.4) is 0 Å². The fourth-order valence-electron chi connectivity index (χ4n) is 4.29. The van der Waals surface area contributed by atoms with Crippen LogP contribution in [0.15, 0.2) is 61.1 Å². The molecule has 0 aliphatic carbocycles. The molecule has 5 rings (SSSR count). The Morgan fingerprint density at radius 1 is 1.11 bits per heavy atom. The van der Waals surface area contributed by atoms with Gasteiger partial charge >= 0.3 is 6.09 Å². The van der Waals surface area contributed by atoms with Crippen LogP contribution in [-0.4, -0.2) is 49.6 Å². The Hall–Kier alpha value is -3.98. The van der Waals surface area contributed by atoms with E-state index in [2.05, 4.69) is 20.3 Å². The van der Waals surface area contributed by atoms with Crippen molar-refractivity contribution in [1.29, 1.82) is 0 Å². The Bertz CT molecular complexity index is 1440. The lowest BCUT2D eigenvalue weighted by Gasteiger charge is -2.34. The minimum Gasteiger partial charge on any atom is -0.444 e. The van der Waals surface area contributed by atoms with Crippen molar-refractivity contribution >= 4 is 40.2 Å². The summed E-state index contributed by atoms with van der Waals surface area (Å²) in [6.07, 6.45) is 4.62. The number of aromatic nitrogens is 4. The van der Waals surface area contributed by atoms with Gasteiger partial charge in [-0.05, 0) is 63.9 Å². The van der Waals surface area contributed by atoms with Crippen molar-refractivity contribution in [3.05, 3.63) is 71.8 Å². The van der Waals surface area contributed by atoms with Gasteiger partial charge in [-0.3, -0.25) is 0 Å². The van der Waals surface area contributed by atoms with Crippen molar-refractivity contribution in [2.75, 3.05) is 18.4 Å². The highest BCUT2D eigenvalue weighted by Crippen LogP contribution is 2.32. The van der Waals surface area contributed by atoms with E-state index in [4.69, 9.17) is 26.1 Å². The van der Waals surface area contributed by atoms with E-state index in [0.717, 1.165) is 18.5 Å². The van der Waals surface area contributed by atoms with Gasteiger partial charge in [-0.25, -0.2) is 24.7 Å². The molecule has 4 aromatic rings. The number of likely N-dealkylation sites (tertiary alicyclic amines) is 1. The molecule has 0 spiro atoms. The number of halogens is 1. The summed E-state index contributed by atoms with van der Waals surface area (Å²) in [6, 6.07) is 15.0. The van der Waals surface area contributed by atoms with Gasteiger partial charge in [0.2, 0.25) is 5.88 Å². The summed E-state index contributed by atoms with van der Waals surface area (Å²) in [6.45, 7) is 6.84. The molecule has 1 atom stereocenters. The van der Waals surface area contributed by atoms with E-state index < -0.39 is 5.60 Å². The summed E-state index contributed by atoms with van der Waals surface area (Å²) >= 11 is 6.45. The molecule has 4 heterocycles. The molecule has 0 saturated carbocycles. The first kappa shape index (κ1) is 25.7. The van der Waals surface area contributed by atoms with Gasteiger partial charge in [0.05, 0.1) is 17.4 Å². The van der Waals surface area contributed by atoms with Crippen LogP contribution >= 0.6 is 11.6 Å². The molecule has 1 fully saturated rings. The van der Waals surface area contributed by atoms with Crippen molar-refractivity contribution in [3.8, 4) is 11.6 Å². The molecule has 1 aliphatic heterocycles. The van der Waals surface area contributed by atoms with E-state index >= 15 is 0 Å². The average molecular weight is 533 g/mol. The van der Waals surface area contributed by atoms with E-state index in [1.165, 1.54) is 6.33 Å². The first-order chi connectivity index (χ1) is 18.2. The van der Waals surface area contributed by atoms with E-state index in [1.54, 1.807) is 17.2 Å². The van der Waals surface area contributed by atoms with Gasteiger partial charge in [0, 0.05) is 24.7 Å². The molecule has 9 nitrogen and oxygen atoms in total. The molecule has 0 bridgehead atoms. The van der Waals surface area contributed by atoms with Crippen LogP contribution in [0.2, 0.25) is 5.02 Å². The van der Waals surface area contributed by atoms with E-state index in [1.807, 2.05) is 63.2 Å². The normalized spacial score (nSPS) is 15.8. The zero-order chi connectivity index (χ0) is 26.7. The van der Waals surface area contributed by atoms with E-state index in [-0.39, 0.29) is 12.0 Å². The monoisotopic (exact) mass is 532 g/mol. The minimum atomic E-state index is -0.535. The number of para-hydroxylation sites is 1. The minimum absolute atomic E-state index is 0.0826. The number of carbonyl (C=O) groups is 1. The maximum absolute atomic E-state index is 12.6. The number of pyridine rings is 2. The van der Waals surface area contributed by atoms with Crippen LogP contribution in [0.4, 0.5) is 16.3 Å². The highest BCUT2D eigenvalue weighted by atomic mass is 35.5. The zero-order valence-electron chi connectivity index (χ0n) is 21.5. The van der Waals surface area contributed by atoms with Gasteiger partial charge in [-0.1, -0.05) is 29.8 Å². The van der Waals surface area contributed by atoms with Crippen LogP contribution in [0.1, 0.15) is 45.2 Å². The lowest BCUT2D eigenvalue weighted by atomic mass is 9.94. The lowest BCUT2D eigenvalue weighted by Crippen LogP contribution is -2.42. The second-order valence-electron chi connectivity index (χ2n) is 10.1. The molecule has 1 N–H and O–H groups in total. The predicted octanol–water partition coefficient (Wildman–Crippen LogP) is 6.72. The first-order valence-electron chi connectivity index (χ1n) is 12.5. The Labute approximate surface area is 226 Å². The molecule has 0 radical (unpaired) electrons. The number of nitrogens with one attached hydrogen (secondary N) is 1. The number of nitrogens with zero attached hydrogens (tertiary/aromatic N) is 5. The summed E-state index contributed by atoms with van der Waals surface area (Å²) in [4.78, 5) is 32.5. The number of benzene rings is 1. The Balaban J connectivity index is 1.35. The molecule has 10 heteroatoms. The largest absolute Gasteiger partial charge is 0.444 e. The number of amides is 1. The number of hydrogen-bond acceptors (Lipinski definition) is 8. The van der Waals surface area contributed by atoms with Gasteiger partial charge in [0.25, 0.3) is 0 Å². The Kier molecular flexibility index (Phi) is 7.28. The average Bonchev–Trinajstić information content (AvgIpc) is 2.90. The standard InChI is InChI=1S/C28H29ClN6O3/c1-28(2,3)38-27(36)35-13-7-8-18(16-35)22-11-12-23-24(34-22)25(32-17-31-23)33-19-14-21(29)26(30-15-19)37-20-9-5-4-6-10-20/h4-6,9-12,14-15,17-18H,7-8,13,16H2,1-3H3,(H,31,32,33)/t18-/m1/s1. The van der Waals surface area contributed by atoms with Crippen LogP contribution in [0.5, 0.6) is 11.6 Å². The number of piperidine rings is 1. The van der Waals surface area contributed by atoms with Crippen LogP contribution in [0, 0.1) is 0 Å². The number of anilines is 2. The number of fused-ring (bicyclic) bond motifs is 1. The summed E-state index contributed by atoms with van der Waals surface area (Å²) < 4.78 is 11.4. The van der Waals surface area contributed by atoms with Crippen molar-refractivity contribution in [2.45, 2.75) is 45.1 Å². The molecule has 1 aromatic carbocycles. The van der Waals surface area contributed by atoms with Crippen LogP contribution < -0.4 is 10.1 Å². The van der Waals surface area contributed by atoms with Crippen LogP contribution in [0.25, 0.3) is 11.0 Å². The van der Waals surface area contributed by atoms with Crippen molar-refractivity contribution in [2.24, 2.45) is 0 Å². The van der Waals surface area contributed by atoms with Crippen LogP contribution in [-0.2, 0) is 4.74 Å².